The van der Waals surface area contributed by atoms with Crippen LogP contribution in [0, 0.1) is 5.92 Å². The molecule has 1 aliphatic rings. The van der Waals surface area contributed by atoms with E-state index >= 15 is 0 Å². The molecule has 1 heterocycles. The van der Waals surface area contributed by atoms with E-state index in [2.05, 4.69) is 6.58 Å². The van der Waals surface area contributed by atoms with E-state index < -0.39 is 12.1 Å². The van der Waals surface area contributed by atoms with Crippen LogP contribution in [0.5, 0.6) is 0 Å². The predicted octanol–water partition coefficient (Wildman–Crippen LogP) is 2.71. The highest BCUT2D eigenvalue weighted by atomic mass is 16.6. The first-order chi connectivity index (χ1) is 9.54. The molecule has 1 atom stereocenters. The minimum atomic E-state index is -1.04. The van der Waals surface area contributed by atoms with Crippen molar-refractivity contribution in [2.75, 3.05) is 18.1 Å². The molecule has 0 spiro atoms. The van der Waals surface area contributed by atoms with Crippen molar-refractivity contribution in [3.8, 4) is 0 Å². The number of hydrogen-bond acceptors (Lipinski definition) is 3. The maximum absolute atomic E-state index is 12.1. The lowest BCUT2D eigenvalue weighted by atomic mass is 9.92. The Morgan fingerprint density at radius 2 is 2.30 bits per heavy atom. The molecule has 5 heteroatoms. The molecular weight excluding hydrogens is 258 g/mol. The molecule has 1 aromatic rings. The number of fused-ring (bicyclic) bond motifs is 1. The number of amides is 1. The summed E-state index contributed by atoms with van der Waals surface area (Å²) in [5.74, 6) is -0.791. The van der Waals surface area contributed by atoms with Crippen LogP contribution >= 0.6 is 0 Å². The van der Waals surface area contributed by atoms with Crippen molar-refractivity contribution in [1.82, 2.24) is 0 Å². The summed E-state index contributed by atoms with van der Waals surface area (Å²) >= 11 is 0. The molecule has 5 nitrogen and oxygen atoms in total. The number of para-hydroxylation sites is 1. The van der Waals surface area contributed by atoms with Gasteiger partial charge in [-0.25, -0.2) is 9.59 Å². The number of ether oxygens (including phenoxy) is 1. The topological polar surface area (TPSA) is 66.8 Å². The molecule has 0 bridgehead atoms. The molecule has 0 aliphatic carbocycles. The van der Waals surface area contributed by atoms with Gasteiger partial charge < -0.3 is 9.84 Å². The molecule has 0 fully saturated rings. The minimum Gasteiger partial charge on any atom is -0.478 e. The van der Waals surface area contributed by atoms with Crippen molar-refractivity contribution in [3.05, 3.63) is 42.0 Å². The summed E-state index contributed by atoms with van der Waals surface area (Å²) in [5.41, 5.74) is 1.44. The van der Waals surface area contributed by atoms with Crippen molar-refractivity contribution in [2.45, 2.75) is 13.3 Å². The lowest BCUT2D eigenvalue weighted by Crippen LogP contribution is -2.40. The molecule has 0 saturated heterocycles. The number of carbonyl (C=O) groups is 2. The molecule has 1 unspecified atom stereocenters. The van der Waals surface area contributed by atoms with Crippen molar-refractivity contribution < 1.29 is 19.4 Å². The van der Waals surface area contributed by atoms with E-state index in [1.54, 1.807) is 6.07 Å². The van der Waals surface area contributed by atoms with Crippen LogP contribution in [-0.2, 0) is 11.2 Å². The SMILES string of the molecule is C=CCOC(=O)N1CC(C)Cc2cccc(C(=O)O)c21. The summed E-state index contributed by atoms with van der Waals surface area (Å²) in [6, 6.07) is 5.06. The zero-order valence-corrected chi connectivity index (χ0v) is 11.3. The van der Waals surface area contributed by atoms with Crippen LogP contribution < -0.4 is 4.90 Å². The molecular formula is C15H17NO4. The first kappa shape index (κ1) is 14.1. The summed E-state index contributed by atoms with van der Waals surface area (Å²) < 4.78 is 5.05. The Morgan fingerprint density at radius 1 is 1.55 bits per heavy atom. The minimum absolute atomic E-state index is 0.105. The van der Waals surface area contributed by atoms with E-state index in [4.69, 9.17) is 4.74 Å². The lowest BCUT2D eigenvalue weighted by Gasteiger charge is -2.33. The molecule has 0 radical (unpaired) electrons. The van der Waals surface area contributed by atoms with Gasteiger partial charge in [0.25, 0.3) is 0 Å². The van der Waals surface area contributed by atoms with Crippen LogP contribution in [0.15, 0.2) is 30.9 Å². The standard InChI is InChI=1S/C15H17NO4/c1-3-7-20-15(19)16-9-10(2)8-11-5-4-6-12(13(11)16)14(17)18/h3-6,10H,1,7-9H2,2H3,(H,17,18). The monoisotopic (exact) mass is 275 g/mol. The Bertz CT molecular complexity index is 553. The highest BCUT2D eigenvalue weighted by molar-refractivity contribution is 6.01. The fraction of sp³-hybridized carbons (Fsp3) is 0.333. The third kappa shape index (κ3) is 2.66. The van der Waals surface area contributed by atoms with Gasteiger partial charge in [-0.1, -0.05) is 31.7 Å². The second-order valence-electron chi connectivity index (χ2n) is 4.90. The summed E-state index contributed by atoms with van der Waals surface area (Å²) in [6.07, 6.45) is 1.70. The van der Waals surface area contributed by atoms with Crippen LogP contribution in [0.1, 0.15) is 22.8 Å². The largest absolute Gasteiger partial charge is 0.478 e. The van der Waals surface area contributed by atoms with Gasteiger partial charge in [-0.15, -0.1) is 0 Å². The quantitative estimate of drug-likeness (QED) is 0.861. The van der Waals surface area contributed by atoms with Crippen LogP contribution in [0.3, 0.4) is 0 Å². The van der Waals surface area contributed by atoms with Gasteiger partial charge >= 0.3 is 12.1 Å². The summed E-state index contributed by atoms with van der Waals surface area (Å²) in [6.45, 7) is 6.07. The molecule has 1 N–H and O–H groups in total. The number of anilines is 1. The number of carbonyl (C=O) groups excluding carboxylic acids is 1. The fourth-order valence-electron chi connectivity index (χ4n) is 2.46. The van der Waals surface area contributed by atoms with Gasteiger partial charge in [-0.3, -0.25) is 4.90 Å². The van der Waals surface area contributed by atoms with Crippen molar-refractivity contribution in [3.63, 3.8) is 0 Å². The Labute approximate surface area is 117 Å². The summed E-state index contributed by atoms with van der Waals surface area (Å²) in [5, 5.41) is 9.29. The Hall–Kier alpha value is -2.30. The van der Waals surface area contributed by atoms with Crippen LogP contribution in [-0.4, -0.2) is 30.3 Å². The number of rotatable bonds is 3. The second-order valence-corrected chi connectivity index (χ2v) is 4.90. The number of aromatic carboxylic acids is 1. The van der Waals surface area contributed by atoms with Crippen LogP contribution in [0.25, 0.3) is 0 Å². The van der Waals surface area contributed by atoms with E-state index in [1.165, 1.54) is 17.0 Å². The Morgan fingerprint density at radius 3 is 2.95 bits per heavy atom. The van der Waals surface area contributed by atoms with Gasteiger partial charge in [0.1, 0.15) is 6.61 Å². The predicted molar refractivity (Wildman–Crippen MR) is 75.2 cm³/mol. The first-order valence-corrected chi connectivity index (χ1v) is 6.45. The third-order valence-corrected chi connectivity index (χ3v) is 3.23. The van der Waals surface area contributed by atoms with Crippen LogP contribution in [0.4, 0.5) is 10.5 Å². The van der Waals surface area contributed by atoms with Crippen molar-refractivity contribution >= 4 is 17.7 Å². The summed E-state index contributed by atoms with van der Waals surface area (Å²) in [7, 11) is 0. The lowest BCUT2D eigenvalue weighted by molar-refractivity contribution is 0.0697. The highest BCUT2D eigenvalue weighted by Crippen LogP contribution is 2.33. The maximum Gasteiger partial charge on any atom is 0.414 e. The van der Waals surface area contributed by atoms with Gasteiger partial charge in [0.05, 0.1) is 11.3 Å². The van der Waals surface area contributed by atoms with Gasteiger partial charge in [-0.05, 0) is 24.0 Å². The second kappa shape index (κ2) is 5.77. The normalized spacial score (nSPS) is 17.2. The van der Waals surface area contributed by atoms with E-state index in [1.807, 2.05) is 13.0 Å². The fourth-order valence-corrected chi connectivity index (χ4v) is 2.46. The molecule has 0 aromatic heterocycles. The average molecular weight is 275 g/mol. The molecule has 20 heavy (non-hydrogen) atoms. The number of carboxylic acid groups (broad SMARTS) is 1. The van der Waals surface area contributed by atoms with Gasteiger partial charge in [0.2, 0.25) is 0 Å². The smallest absolute Gasteiger partial charge is 0.414 e. The first-order valence-electron chi connectivity index (χ1n) is 6.45. The number of benzene rings is 1. The van der Waals surface area contributed by atoms with Crippen LogP contribution in [0.2, 0.25) is 0 Å². The zero-order valence-electron chi connectivity index (χ0n) is 11.3. The molecule has 2 rings (SSSR count). The molecule has 106 valence electrons. The van der Waals surface area contributed by atoms with Crippen molar-refractivity contribution in [2.24, 2.45) is 5.92 Å². The van der Waals surface area contributed by atoms with Gasteiger partial charge in [0.15, 0.2) is 0 Å². The average Bonchev–Trinajstić information content (AvgIpc) is 2.42. The summed E-state index contributed by atoms with van der Waals surface area (Å²) in [4.78, 5) is 24.9. The van der Waals surface area contributed by atoms with Crippen molar-refractivity contribution in [1.29, 1.82) is 0 Å². The van der Waals surface area contributed by atoms with Gasteiger partial charge in [-0.2, -0.15) is 0 Å². The molecule has 1 amide bonds. The highest BCUT2D eigenvalue weighted by Gasteiger charge is 2.31. The zero-order chi connectivity index (χ0) is 14.7. The van der Waals surface area contributed by atoms with E-state index in [9.17, 15) is 14.7 Å². The maximum atomic E-state index is 12.1. The van der Waals surface area contributed by atoms with E-state index in [0.717, 1.165) is 12.0 Å². The Kier molecular flexibility index (Phi) is 4.08. The molecule has 1 aromatic carbocycles. The van der Waals surface area contributed by atoms with Gasteiger partial charge in [0, 0.05) is 6.54 Å². The number of hydrogen-bond donors (Lipinski definition) is 1. The van der Waals surface area contributed by atoms with E-state index in [-0.39, 0.29) is 18.1 Å². The van der Waals surface area contributed by atoms with E-state index in [0.29, 0.717) is 12.2 Å². The number of nitrogens with zero attached hydrogens (tertiary/aromatic N) is 1. The molecule has 0 saturated carbocycles. The third-order valence-electron chi connectivity index (χ3n) is 3.23. The number of carboxylic acids is 1. The molecule has 1 aliphatic heterocycles. The Balaban J connectivity index is 2.44.